The highest BCUT2D eigenvalue weighted by molar-refractivity contribution is 6.74. The fourth-order valence-electron chi connectivity index (χ4n) is 2.59. The molecule has 140 valence electrons. The molecule has 5 N–H and O–H groups in total. The highest BCUT2D eigenvalue weighted by atomic mass is 28.4. The highest BCUT2D eigenvalue weighted by Gasteiger charge is 2.42. The largest absolute Gasteiger partial charge is 0.412 e. The molecule has 1 rings (SSSR count). The zero-order valence-electron chi connectivity index (χ0n) is 15.7. The minimum absolute atomic E-state index is 0.0230. The van der Waals surface area contributed by atoms with Gasteiger partial charge in [0.2, 0.25) is 11.8 Å². The number of aliphatic hydroxyl groups is 1. The molecule has 2 amide bonds. The molecule has 0 aromatic carbocycles. The minimum atomic E-state index is -2.04. The minimum Gasteiger partial charge on any atom is -0.412 e. The summed E-state index contributed by atoms with van der Waals surface area (Å²) in [7, 11) is -2.04. The number of aliphatic hydroxyl groups excluding tert-OH is 1. The molecule has 1 aliphatic heterocycles. The normalized spacial score (nSPS) is 24.5. The fourth-order valence-corrected chi connectivity index (χ4v) is 4.01. The molecule has 1 aliphatic rings. The molecule has 0 aromatic heterocycles. The van der Waals surface area contributed by atoms with E-state index in [1.54, 1.807) is 0 Å². The third-order valence-electron chi connectivity index (χ3n) is 5.26. The molecule has 0 radical (unpaired) electrons. The summed E-state index contributed by atoms with van der Waals surface area (Å²) < 4.78 is 6.25. The first kappa shape index (κ1) is 21.1. The summed E-state index contributed by atoms with van der Waals surface area (Å²) in [5, 5.41) is 15.5. The Morgan fingerprint density at radius 2 is 2.08 bits per heavy atom. The summed E-state index contributed by atoms with van der Waals surface area (Å²) in [5.74, 6) is -0.592. The molecule has 1 saturated heterocycles. The molecular formula is C16H33N3O4Si. The third kappa shape index (κ3) is 5.02. The number of nitrogens with two attached hydrogens (primary N) is 1. The van der Waals surface area contributed by atoms with Gasteiger partial charge in [-0.05, 0) is 31.5 Å². The van der Waals surface area contributed by atoms with Gasteiger partial charge in [0.15, 0.2) is 8.32 Å². The first-order chi connectivity index (χ1) is 10.8. The van der Waals surface area contributed by atoms with Crippen LogP contribution in [0.3, 0.4) is 0 Å². The molecule has 24 heavy (non-hydrogen) atoms. The van der Waals surface area contributed by atoms with Crippen molar-refractivity contribution < 1.29 is 19.1 Å². The van der Waals surface area contributed by atoms with Gasteiger partial charge in [-0.1, -0.05) is 20.8 Å². The highest BCUT2D eigenvalue weighted by Crippen LogP contribution is 2.37. The maximum atomic E-state index is 11.9. The van der Waals surface area contributed by atoms with Gasteiger partial charge in [-0.2, -0.15) is 0 Å². The average molecular weight is 360 g/mol. The lowest BCUT2D eigenvalue weighted by atomic mass is 9.98. The van der Waals surface area contributed by atoms with Crippen LogP contribution in [0.5, 0.6) is 0 Å². The van der Waals surface area contributed by atoms with Crippen molar-refractivity contribution in [1.29, 1.82) is 0 Å². The molecule has 1 heterocycles. The molecule has 0 aliphatic carbocycles. The van der Waals surface area contributed by atoms with Crippen LogP contribution in [-0.2, 0) is 14.0 Å². The number of carbonyl (C=O) groups excluding carboxylic acids is 2. The van der Waals surface area contributed by atoms with Crippen LogP contribution in [0.2, 0.25) is 18.1 Å². The topological polar surface area (TPSA) is 114 Å². The van der Waals surface area contributed by atoms with Crippen molar-refractivity contribution >= 4 is 20.1 Å². The third-order valence-corrected chi connectivity index (χ3v) is 9.83. The van der Waals surface area contributed by atoms with E-state index in [4.69, 9.17) is 10.2 Å². The first-order valence-corrected chi connectivity index (χ1v) is 11.4. The molecule has 0 aromatic rings. The molecule has 0 saturated carbocycles. The summed E-state index contributed by atoms with van der Waals surface area (Å²) in [6, 6.07) is -0.681. The predicted octanol–water partition coefficient (Wildman–Crippen LogP) is 0.481. The van der Waals surface area contributed by atoms with E-state index in [2.05, 4.69) is 44.5 Å². The van der Waals surface area contributed by atoms with Gasteiger partial charge >= 0.3 is 0 Å². The van der Waals surface area contributed by atoms with Crippen LogP contribution in [0.1, 0.15) is 40.5 Å². The van der Waals surface area contributed by atoms with Gasteiger partial charge in [-0.25, -0.2) is 0 Å². The predicted molar refractivity (Wildman–Crippen MR) is 95.9 cm³/mol. The van der Waals surface area contributed by atoms with Crippen LogP contribution in [0, 0.1) is 0 Å². The Labute approximate surface area is 145 Å². The standard InChI is InChI=1S/C16H33N3O4Si/c1-11(23-24(5,6)15(2,3)4)13(14(17)22)18-9-16(10-20)8-7-12(21)19-16/h11,13,18,20H,7-10H2,1-6H3,(H2,17,22)(H,19,21)/t11-,13?,16?/m1/s1. The summed E-state index contributed by atoms with van der Waals surface area (Å²) in [6.07, 6.45) is 0.508. The van der Waals surface area contributed by atoms with E-state index < -0.39 is 31.9 Å². The van der Waals surface area contributed by atoms with E-state index >= 15 is 0 Å². The zero-order valence-corrected chi connectivity index (χ0v) is 16.7. The van der Waals surface area contributed by atoms with Crippen molar-refractivity contribution in [2.45, 2.75) is 76.4 Å². The van der Waals surface area contributed by atoms with Gasteiger partial charge in [0.25, 0.3) is 0 Å². The molecule has 0 bridgehead atoms. The number of carbonyl (C=O) groups is 2. The van der Waals surface area contributed by atoms with Crippen molar-refractivity contribution in [3.05, 3.63) is 0 Å². The van der Waals surface area contributed by atoms with Crippen LogP contribution in [0.4, 0.5) is 0 Å². The molecular weight excluding hydrogens is 326 g/mol. The van der Waals surface area contributed by atoms with E-state index in [0.717, 1.165) is 0 Å². The molecule has 3 atom stereocenters. The summed E-state index contributed by atoms with van der Waals surface area (Å²) in [4.78, 5) is 23.4. The number of hydrogen-bond acceptors (Lipinski definition) is 5. The quantitative estimate of drug-likeness (QED) is 0.471. The molecule has 7 nitrogen and oxygen atoms in total. The Hall–Kier alpha value is -0.963. The molecule has 0 spiro atoms. The summed E-state index contributed by atoms with van der Waals surface area (Å²) >= 11 is 0. The molecule has 1 fully saturated rings. The number of amides is 2. The molecule has 8 heteroatoms. The van der Waals surface area contributed by atoms with E-state index in [1.165, 1.54) is 0 Å². The van der Waals surface area contributed by atoms with Crippen molar-refractivity contribution in [1.82, 2.24) is 10.6 Å². The van der Waals surface area contributed by atoms with Crippen LogP contribution < -0.4 is 16.4 Å². The van der Waals surface area contributed by atoms with Crippen molar-refractivity contribution in [2.24, 2.45) is 5.73 Å². The lowest BCUT2D eigenvalue weighted by Crippen LogP contribution is -2.60. The van der Waals surface area contributed by atoms with E-state index in [9.17, 15) is 14.7 Å². The number of nitrogens with one attached hydrogen (secondary N) is 2. The second-order valence-corrected chi connectivity index (χ2v) is 13.1. The van der Waals surface area contributed by atoms with E-state index in [0.29, 0.717) is 12.8 Å². The second kappa shape index (κ2) is 7.51. The Balaban J connectivity index is 2.77. The van der Waals surface area contributed by atoms with Crippen LogP contribution in [0.15, 0.2) is 0 Å². The number of hydrogen-bond donors (Lipinski definition) is 4. The van der Waals surface area contributed by atoms with Gasteiger partial charge < -0.3 is 25.9 Å². The maximum Gasteiger partial charge on any atom is 0.237 e. The van der Waals surface area contributed by atoms with Crippen molar-refractivity contribution in [3.8, 4) is 0 Å². The van der Waals surface area contributed by atoms with Crippen LogP contribution >= 0.6 is 0 Å². The fraction of sp³-hybridized carbons (Fsp3) is 0.875. The molecule has 2 unspecified atom stereocenters. The average Bonchev–Trinajstić information content (AvgIpc) is 2.79. The lowest BCUT2D eigenvalue weighted by Gasteiger charge is -2.40. The first-order valence-electron chi connectivity index (χ1n) is 8.46. The number of rotatable bonds is 8. The van der Waals surface area contributed by atoms with Gasteiger partial charge in [0.05, 0.1) is 18.2 Å². The Morgan fingerprint density at radius 3 is 2.46 bits per heavy atom. The van der Waals surface area contributed by atoms with Gasteiger partial charge in [0, 0.05) is 13.0 Å². The second-order valence-electron chi connectivity index (χ2n) is 8.33. The Kier molecular flexibility index (Phi) is 6.60. The van der Waals surface area contributed by atoms with E-state index in [-0.39, 0.29) is 24.1 Å². The Bertz CT molecular complexity index is 478. The van der Waals surface area contributed by atoms with E-state index in [1.807, 2.05) is 6.92 Å². The lowest BCUT2D eigenvalue weighted by molar-refractivity contribution is -0.122. The summed E-state index contributed by atoms with van der Waals surface area (Å²) in [5.41, 5.74) is 4.81. The van der Waals surface area contributed by atoms with Crippen LogP contribution in [-0.4, -0.2) is 56.1 Å². The number of primary amides is 1. The zero-order chi connectivity index (χ0) is 18.8. The Morgan fingerprint density at radius 1 is 1.50 bits per heavy atom. The van der Waals surface area contributed by atoms with Crippen molar-refractivity contribution in [3.63, 3.8) is 0 Å². The van der Waals surface area contributed by atoms with Gasteiger partial charge in [0.1, 0.15) is 6.04 Å². The maximum absolute atomic E-state index is 11.9. The van der Waals surface area contributed by atoms with Crippen LogP contribution in [0.25, 0.3) is 0 Å². The van der Waals surface area contributed by atoms with Gasteiger partial charge in [-0.3, -0.25) is 9.59 Å². The monoisotopic (exact) mass is 359 g/mol. The smallest absolute Gasteiger partial charge is 0.237 e. The summed E-state index contributed by atoms with van der Waals surface area (Å²) in [6.45, 7) is 12.6. The SMILES string of the molecule is C[C@@H](O[Si](C)(C)C(C)(C)C)C(NCC1(CO)CCC(=O)N1)C(N)=O. The van der Waals surface area contributed by atoms with Crippen molar-refractivity contribution in [2.75, 3.05) is 13.2 Å². The van der Waals surface area contributed by atoms with Gasteiger partial charge in [-0.15, -0.1) is 0 Å².